The molecule has 1 aromatic rings. The third-order valence-electron chi connectivity index (χ3n) is 3.07. The van der Waals surface area contributed by atoms with Crippen molar-refractivity contribution in [2.24, 2.45) is 0 Å². The number of phenols is 1. The van der Waals surface area contributed by atoms with Gasteiger partial charge in [0.25, 0.3) is 0 Å². The summed E-state index contributed by atoms with van der Waals surface area (Å²) in [7, 11) is 2.14. The van der Waals surface area contributed by atoms with E-state index in [1.54, 1.807) is 0 Å². The van der Waals surface area contributed by atoms with Gasteiger partial charge in [-0.25, -0.2) is 5.01 Å². The van der Waals surface area contributed by atoms with Crippen LogP contribution in [0.4, 0.5) is 0 Å². The van der Waals surface area contributed by atoms with Gasteiger partial charge in [0.15, 0.2) is 0 Å². The molecule has 5 heteroatoms. The van der Waals surface area contributed by atoms with E-state index in [4.69, 9.17) is 0 Å². The third-order valence-corrected chi connectivity index (χ3v) is 3.71. The number of phenolic OH excluding ortho intramolecular Hbond substituents is 1. The van der Waals surface area contributed by atoms with Gasteiger partial charge in [0.1, 0.15) is 5.75 Å². The lowest BCUT2D eigenvalue weighted by molar-refractivity contribution is 0.102. The highest BCUT2D eigenvalue weighted by Crippen LogP contribution is 2.27. The molecule has 1 saturated heterocycles. The van der Waals surface area contributed by atoms with Gasteiger partial charge >= 0.3 is 0 Å². The maximum atomic E-state index is 9.86. The fourth-order valence-corrected chi connectivity index (χ4v) is 2.27. The van der Waals surface area contributed by atoms with E-state index >= 15 is 0 Å². The molecule has 0 bridgehead atoms. The van der Waals surface area contributed by atoms with Crippen molar-refractivity contribution in [1.29, 1.82) is 0 Å². The van der Waals surface area contributed by atoms with Gasteiger partial charge in [0.05, 0.1) is 4.47 Å². The Morgan fingerprint density at radius 3 is 2.71 bits per heavy atom. The van der Waals surface area contributed by atoms with Crippen molar-refractivity contribution in [3.63, 3.8) is 0 Å². The Morgan fingerprint density at radius 2 is 2.00 bits per heavy atom. The van der Waals surface area contributed by atoms with E-state index in [1.807, 2.05) is 18.2 Å². The molecule has 1 aliphatic heterocycles. The summed E-state index contributed by atoms with van der Waals surface area (Å²) in [6, 6.07) is 5.71. The summed E-state index contributed by atoms with van der Waals surface area (Å²) in [5.74, 6) is 0.328. The quantitative estimate of drug-likeness (QED) is 0.885. The van der Waals surface area contributed by atoms with Crippen LogP contribution in [0.1, 0.15) is 5.56 Å². The number of piperazine rings is 1. The molecular formula is C12H18BrN3O. The van der Waals surface area contributed by atoms with E-state index < -0.39 is 0 Å². The predicted molar refractivity (Wildman–Crippen MR) is 71.7 cm³/mol. The molecule has 2 rings (SSSR count). The number of halogens is 1. The zero-order chi connectivity index (χ0) is 12.3. The Labute approximate surface area is 110 Å². The molecule has 0 saturated carbocycles. The number of hydrogen-bond acceptors (Lipinski definition) is 4. The van der Waals surface area contributed by atoms with E-state index in [1.165, 1.54) is 0 Å². The summed E-state index contributed by atoms with van der Waals surface area (Å²) < 4.78 is 0.746. The van der Waals surface area contributed by atoms with E-state index in [2.05, 4.69) is 38.3 Å². The summed E-state index contributed by atoms with van der Waals surface area (Å²) in [5.41, 5.74) is 4.27. The van der Waals surface area contributed by atoms with Crippen LogP contribution in [-0.2, 0) is 6.54 Å². The van der Waals surface area contributed by atoms with Crippen LogP contribution in [0, 0.1) is 0 Å². The number of likely N-dealkylation sites (N-methyl/N-ethyl adjacent to an activating group) is 1. The average molecular weight is 300 g/mol. The number of rotatable bonds is 3. The van der Waals surface area contributed by atoms with Gasteiger partial charge in [-0.05, 0) is 29.0 Å². The summed E-state index contributed by atoms with van der Waals surface area (Å²) in [6.07, 6.45) is 0. The molecule has 1 heterocycles. The molecule has 0 spiro atoms. The topological polar surface area (TPSA) is 38.7 Å². The largest absolute Gasteiger partial charge is 0.506 e. The number of para-hydroxylation sites is 1. The smallest absolute Gasteiger partial charge is 0.134 e. The van der Waals surface area contributed by atoms with Crippen molar-refractivity contribution in [2.75, 3.05) is 33.2 Å². The summed E-state index contributed by atoms with van der Waals surface area (Å²) in [4.78, 5) is 2.31. The maximum absolute atomic E-state index is 9.86. The normalized spacial score (nSPS) is 18.5. The van der Waals surface area contributed by atoms with Crippen LogP contribution in [-0.4, -0.2) is 48.2 Å². The Kier molecular flexibility index (Phi) is 4.39. The standard InChI is InChI=1S/C12H18BrN3O/c1-15-5-7-16(8-6-15)14-9-10-3-2-4-11(13)12(10)17/h2-4,14,17H,5-9H2,1H3. The molecule has 2 N–H and O–H groups in total. The highest BCUT2D eigenvalue weighted by Gasteiger charge is 2.13. The van der Waals surface area contributed by atoms with Crippen molar-refractivity contribution < 1.29 is 5.11 Å². The van der Waals surface area contributed by atoms with Gasteiger partial charge in [0.2, 0.25) is 0 Å². The lowest BCUT2D eigenvalue weighted by Crippen LogP contribution is -2.50. The van der Waals surface area contributed by atoms with Crippen LogP contribution in [0.5, 0.6) is 5.75 Å². The van der Waals surface area contributed by atoms with Crippen molar-refractivity contribution in [2.45, 2.75) is 6.54 Å². The minimum absolute atomic E-state index is 0.328. The molecule has 94 valence electrons. The zero-order valence-electron chi connectivity index (χ0n) is 9.99. The van der Waals surface area contributed by atoms with Gasteiger partial charge in [-0.2, -0.15) is 0 Å². The maximum Gasteiger partial charge on any atom is 0.134 e. The first-order chi connectivity index (χ1) is 8.16. The molecule has 0 aliphatic carbocycles. The molecule has 0 radical (unpaired) electrons. The summed E-state index contributed by atoms with van der Waals surface area (Å²) in [6.45, 7) is 4.86. The van der Waals surface area contributed by atoms with Gasteiger partial charge in [-0.1, -0.05) is 12.1 Å². The molecule has 0 amide bonds. The van der Waals surface area contributed by atoms with Gasteiger partial charge in [-0.15, -0.1) is 0 Å². The first-order valence-electron chi connectivity index (χ1n) is 5.80. The average Bonchev–Trinajstić information content (AvgIpc) is 2.33. The van der Waals surface area contributed by atoms with Crippen LogP contribution < -0.4 is 5.43 Å². The Balaban J connectivity index is 1.87. The molecule has 0 aromatic heterocycles. The van der Waals surface area contributed by atoms with Gasteiger partial charge < -0.3 is 10.0 Å². The summed E-state index contributed by atoms with van der Waals surface area (Å²) >= 11 is 3.32. The van der Waals surface area contributed by atoms with Crippen molar-refractivity contribution >= 4 is 15.9 Å². The molecule has 1 aromatic carbocycles. The SMILES string of the molecule is CN1CCN(NCc2cccc(Br)c2O)CC1. The number of hydrazine groups is 1. The minimum atomic E-state index is 0.328. The van der Waals surface area contributed by atoms with Crippen LogP contribution in [0.2, 0.25) is 0 Å². The number of nitrogens with zero attached hydrogens (tertiary/aromatic N) is 2. The Bertz CT molecular complexity index is 378. The first kappa shape index (κ1) is 12.8. The first-order valence-corrected chi connectivity index (χ1v) is 6.59. The van der Waals surface area contributed by atoms with E-state index in [0.29, 0.717) is 12.3 Å². The highest BCUT2D eigenvalue weighted by atomic mass is 79.9. The highest BCUT2D eigenvalue weighted by molar-refractivity contribution is 9.10. The number of nitrogens with one attached hydrogen (secondary N) is 1. The Hall–Kier alpha value is -0.620. The zero-order valence-corrected chi connectivity index (χ0v) is 11.6. The Morgan fingerprint density at radius 1 is 1.29 bits per heavy atom. The molecule has 4 nitrogen and oxygen atoms in total. The lowest BCUT2D eigenvalue weighted by atomic mass is 10.2. The van der Waals surface area contributed by atoms with Crippen molar-refractivity contribution in [3.8, 4) is 5.75 Å². The molecule has 17 heavy (non-hydrogen) atoms. The second kappa shape index (κ2) is 5.82. The van der Waals surface area contributed by atoms with Crippen LogP contribution >= 0.6 is 15.9 Å². The van der Waals surface area contributed by atoms with Crippen molar-refractivity contribution in [3.05, 3.63) is 28.2 Å². The number of benzene rings is 1. The molecule has 1 aliphatic rings. The molecule has 0 atom stereocenters. The molecular weight excluding hydrogens is 282 g/mol. The van der Waals surface area contributed by atoms with Crippen LogP contribution in [0.15, 0.2) is 22.7 Å². The lowest BCUT2D eigenvalue weighted by Gasteiger charge is -2.32. The fraction of sp³-hybridized carbons (Fsp3) is 0.500. The van der Waals surface area contributed by atoms with E-state index in [-0.39, 0.29) is 0 Å². The number of hydrogen-bond donors (Lipinski definition) is 2. The van der Waals surface area contributed by atoms with E-state index in [9.17, 15) is 5.11 Å². The second-order valence-corrected chi connectivity index (χ2v) is 5.23. The second-order valence-electron chi connectivity index (χ2n) is 4.37. The third kappa shape index (κ3) is 3.42. The molecule has 1 fully saturated rings. The monoisotopic (exact) mass is 299 g/mol. The molecule has 0 unspecified atom stereocenters. The van der Waals surface area contributed by atoms with E-state index in [0.717, 1.165) is 36.2 Å². The summed E-state index contributed by atoms with van der Waals surface area (Å²) in [5, 5.41) is 12.1. The number of aromatic hydroxyl groups is 1. The van der Waals surface area contributed by atoms with Crippen molar-refractivity contribution in [1.82, 2.24) is 15.3 Å². The minimum Gasteiger partial charge on any atom is -0.506 e. The van der Waals surface area contributed by atoms with Crippen LogP contribution in [0.25, 0.3) is 0 Å². The van der Waals surface area contributed by atoms with Crippen LogP contribution in [0.3, 0.4) is 0 Å². The fourth-order valence-electron chi connectivity index (χ4n) is 1.86. The van der Waals surface area contributed by atoms with Gasteiger partial charge in [0, 0.05) is 38.3 Å². The predicted octanol–water partition coefficient (Wildman–Crippen LogP) is 1.41. The van der Waals surface area contributed by atoms with Gasteiger partial charge in [-0.3, -0.25) is 5.43 Å².